The van der Waals surface area contributed by atoms with Crippen LogP contribution in [0.5, 0.6) is 0 Å². The number of unbranched alkanes of at least 4 members (excludes halogenated alkanes) is 8. The molecule has 0 heterocycles. The van der Waals surface area contributed by atoms with E-state index in [-0.39, 0.29) is 5.57 Å². The lowest BCUT2D eigenvalue weighted by atomic mass is 10.2. The van der Waals surface area contributed by atoms with E-state index in [0.29, 0.717) is 26.4 Å². The van der Waals surface area contributed by atoms with Crippen molar-refractivity contribution in [1.82, 2.24) is 0 Å². The van der Waals surface area contributed by atoms with E-state index in [1.54, 1.807) is 6.92 Å². The number of hydrogen-bond acceptors (Lipinski definition) is 6. The Kier molecular flexibility index (Phi) is 20.3. The van der Waals surface area contributed by atoms with Gasteiger partial charge in [0.1, 0.15) is 0 Å². The maximum absolute atomic E-state index is 13.4. The highest BCUT2D eigenvalue weighted by Gasteiger charge is 2.59. The van der Waals surface area contributed by atoms with Gasteiger partial charge in [-0.1, -0.05) is 90.2 Å². The molecular weight excluding hydrogens is 439 g/mol. The molecule has 0 rings (SSSR count). The first-order chi connectivity index (χ1) is 15.9. The van der Waals surface area contributed by atoms with Gasteiger partial charge in [-0.05, 0) is 32.6 Å². The van der Waals surface area contributed by atoms with Crippen LogP contribution in [0.15, 0.2) is 12.2 Å². The molecule has 0 saturated carbocycles. The van der Waals surface area contributed by atoms with Crippen LogP contribution in [0.25, 0.3) is 0 Å². The molecule has 6 nitrogen and oxygen atoms in total. The third-order valence-electron chi connectivity index (χ3n) is 5.26. The van der Waals surface area contributed by atoms with E-state index >= 15 is 0 Å². The highest BCUT2D eigenvalue weighted by molar-refractivity contribution is 7.65. The molecule has 2 unspecified atom stereocenters. The molecule has 0 amide bonds. The average molecular weight is 490 g/mol. The van der Waals surface area contributed by atoms with Gasteiger partial charge in [-0.3, -0.25) is 0 Å². The van der Waals surface area contributed by atoms with Crippen LogP contribution >= 0.6 is 7.80 Å². The Bertz CT molecular complexity index is 506. The molecule has 0 radical (unpaired) electrons. The molecule has 0 aromatic heterocycles. The van der Waals surface area contributed by atoms with Crippen molar-refractivity contribution in [1.29, 1.82) is 0 Å². The van der Waals surface area contributed by atoms with Crippen LogP contribution in [0, 0.1) is 0 Å². The summed E-state index contributed by atoms with van der Waals surface area (Å²) in [6.45, 7) is 15.3. The zero-order valence-electron chi connectivity index (χ0n) is 22.0. The minimum absolute atomic E-state index is 0.232. The van der Waals surface area contributed by atoms with Gasteiger partial charge in [-0.25, -0.2) is 4.79 Å². The monoisotopic (exact) mass is 489 g/mol. The van der Waals surface area contributed by atoms with Crippen LogP contribution in [-0.4, -0.2) is 43.8 Å². The van der Waals surface area contributed by atoms with Crippen LogP contribution in [0.1, 0.15) is 112 Å². The summed E-state index contributed by atoms with van der Waals surface area (Å²) < 4.78 is 38.2. The van der Waals surface area contributed by atoms with Crippen molar-refractivity contribution in [3.63, 3.8) is 0 Å². The summed E-state index contributed by atoms with van der Waals surface area (Å²) in [5.41, 5.74) is -0.295. The van der Waals surface area contributed by atoms with E-state index in [1.807, 2.05) is 0 Å². The standard InChI is InChI=1S/C26H50O6P/c1-7-11-15-19-29-25(33(28)24(27)23(5)6)26(30-20-16-12-8-2,31-21-17-13-9-3)32-22-18-14-10-4/h25H,5,7-22H2,1-4,6H3/q+1. The zero-order chi connectivity index (χ0) is 25.0. The molecule has 0 aliphatic carbocycles. The Morgan fingerprint density at radius 3 is 1.42 bits per heavy atom. The van der Waals surface area contributed by atoms with Crippen molar-refractivity contribution in [3.8, 4) is 0 Å². The van der Waals surface area contributed by atoms with E-state index in [1.165, 1.54) is 0 Å². The lowest BCUT2D eigenvalue weighted by Crippen LogP contribution is -2.51. The summed E-state index contributed by atoms with van der Waals surface area (Å²) in [5.74, 6) is -2.81. The van der Waals surface area contributed by atoms with Crippen molar-refractivity contribution in [2.24, 2.45) is 0 Å². The minimum atomic E-state index is -2.51. The molecule has 0 aromatic rings. The fraction of sp³-hybridized carbons (Fsp3) is 0.885. The number of rotatable bonds is 24. The molecule has 0 bridgehead atoms. The first-order valence-electron chi connectivity index (χ1n) is 13.1. The van der Waals surface area contributed by atoms with Gasteiger partial charge in [0, 0.05) is 5.57 Å². The SMILES string of the molecule is C=C(C)C(=O)[P+](=O)C(OCCCCC)C(OCCCCC)(OCCCCC)OCCCCC. The van der Waals surface area contributed by atoms with E-state index in [0.717, 1.165) is 77.0 Å². The molecule has 0 spiro atoms. The summed E-state index contributed by atoms with van der Waals surface area (Å²) in [7, 11) is -2.51. The first kappa shape index (κ1) is 32.4. The average Bonchev–Trinajstić information content (AvgIpc) is 2.81. The number of carbonyl (C=O) groups is 1. The van der Waals surface area contributed by atoms with Crippen molar-refractivity contribution < 1.29 is 28.3 Å². The van der Waals surface area contributed by atoms with E-state index in [2.05, 4.69) is 34.3 Å². The predicted molar refractivity (Wildman–Crippen MR) is 136 cm³/mol. The summed E-state index contributed by atoms with van der Waals surface area (Å²) in [4.78, 5) is 12.7. The summed E-state index contributed by atoms with van der Waals surface area (Å²) >= 11 is 0. The van der Waals surface area contributed by atoms with Crippen molar-refractivity contribution >= 4 is 13.3 Å². The van der Waals surface area contributed by atoms with Gasteiger partial charge in [-0.2, -0.15) is 0 Å². The van der Waals surface area contributed by atoms with Crippen LogP contribution in [0.4, 0.5) is 0 Å². The molecule has 0 fully saturated rings. The molecule has 0 aliphatic heterocycles. The van der Waals surface area contributed by atoms with Crippen molar-refractivity contribution in [3.05, 3.63) is 12.2 Å². The summed E-state index contributed by atoms with van der Waals surface area (Å²) in [6, 6.07) is 0. The predicted octanol–water partition coefficient (Wildman–Crippen LogP) is 7.72. The van der Waals surface area contributed by atoms with Crippen LogP contribution in [-0.2, 0) is 28.3 Å². The second-order valence-corrected chi connectivity index (χ2v) is 10.1. The van der Waals surface area contributed by atoms with E-state index in [9.17, 15) is 9.36 Å². The topological polar surface area (TPSA) is 71.1 Å². The first-order valence-corrected chi connectivity index (χ1v) is 14.4. The molecule has 7 heteroatoms. The second kappa shape index (κ2) is 20.7. The van der Waals surface area contributed by atoms with Gasteiger partial charge in [-0.15, -0.1) is 0 Å². The van der Waals surface area contributed by atoms with Crippen molar-refractivity contribution in [2.75, 3.05) is 26.4 Å². The number of carbonyl (C=O) groups excluding carboxylic acids is 1. The van der Waals surface area contributed by atoms with Gasteiger partial charge >= 0.3 is 25.1 Å². The Hall–Kier alpha value is -0.650. The van der Waals surface area contributed by atoms with Gasteiger partial charge in [0.05, 0.1) is 26.4 Å². The molecule has 0 aromatic carbocycles. The van der Waals surface area contributed by atoms with Crippen LogP contribution in [0.3, 0.4) is 0 Å². The molecule has 194 valence electrons. The smallest absolute Gasteiger partial charge is 0.328 e. The van der Waals surface area contributed by atoms with Crippen LogP contribution < -0.4 is 0 Å². The fourth-order valence-corrected chi connectivity index (χ4v) is 4.53. The number of allylic oxidation sites excluding steroid dienone is 1. The van der Waals surface area contributed by atoms with Crippen LogP contribution in [0.2, 0.25) is 0 Å². The van der Waals surface area contributed by atoms with Gasteiger partial charge in [0.2, 0.25) is 0 Å². The summed E-state index contributed by atoms with van der Waals surface area (Å²) in [6.07, 6.45) is 11.4. The lowest BCUT2D eigenvalue weighted by molar-refractivity contribution is -0.404. The number of hydrogen-bond donors (Lipinski definition) is 0. The Morgan fingerprint density at radius 2 is 1.09 bits per heavy atom. The van der Waals surface area contributed by atoms with Gasteiger partial charge < -0.3 is 18.9 Å². The minimum Gasteiger partial charge on any atom is -0.328 e. The highest BCUT2D eigenvalue weighted by atomic mass is 31.1. The molecule has 0 aliphatic rings. The van der Waals surface area contributed by atoms with Crippen molar-refractivity contribution in [2.45, 2.75) is 123 Å². The normalized spacial score (nSPS) is 13.2. The third kappa shape index (κ3) is 13.7. The second-order valence-electron chi connectivity index (χ2n) is 8.61. The lowest BCUT2D eigenvalue weighted by Gasteiger charge is -2.34. The Labute approximate surface area is 203 Å². The maximum atomic E-state index is 13.4. The molecule has 0 saturated heterocycles. The quantitative estimate of drug-likeness (QED) is 0.0598. The fourth-order valence-electron chi connectivity index (χ4n) is 3.19. The molecule has 2 atom stereocenters. The number of ether oxygens (including phenoxy) is 4. The largest absolute Gasteiger partial charge is 0.460 e. The molecular formula is C26H50O6P+. The summed E-state index contributed by atoms with van der Waals surface area (Å²) in [5, 5.41) is 0. The molecule has 0 N–H and O–H groups in total. The third-order valence-corrected chi connectivity index (χ3v) is 6.93. The zero-order valence-corrected chi connectivity index (χ0v) is 22.9. The van der Waals surface area contributed by atoms with E-state index in [4.69, 9.17) is 18.9 Å². The Balaban J connectivity index is 5.96. The highest BCUT2D eigenvalue weighted by Crippen LogP contribution is 2.43. The van der Waals surface area contributed by atoms with Gasteiger partial charge in [0.25, 0.3) is 0 Å². The Morgan fingerprint density at radius 1 is 0.727 bits per heavy atom. The molecule has 33 heavy (non-hydrogen) atoms. The van der Waals surface area contributed by atoms with Gasteiger partial charge in [0.15, 0.2) is 0 Å². The van der Waals surface area contributed by atoms with E-state index < -0.39 is 25.1 Å². The maximum Gasteiger partial charge on any atom is 0.460 e.